The van der Waals surface area contributed by atoms with Crippen molar-refractivity contribution in [3.63, 3.8) is 0 Å². The number of H-pyrrole nitrogens is 1. The molecule has 16 heavy (non-hydrogen) atoms. The molecule has 0 spiro atoms. The molecule has 0 aliphatic carbocycles. The van der Waals surface area contributed by atoms with E-state index in [1.54, 1.807) is 6.20 Å². The number of nitrogens with one attached hydrogen (secondary N) is 2. The van der Waals surface area contributed by atoms with Crippen LogP contribution in [0.3, 0.4) is 0 Å². The van der Waals surface area contributed by atoms with Crippen molar-refractivity contribution >= 4 is 5.82 Å². The largest absolute Gasteiger partial charge is 0.367 e. The SMILES string of the molecule is N#Cc1nccnc1NCCc1ccc[nH]1. The zero-order valence-electron chi connectivity index (χ0n) is 8.64. The lowest BCUT2D eigenvalue weighted by Gasteiger charge is -2.04. The van der Waals surface area contributed by atoms with Gasteiger partial charge in [0.05, 0.1) is 0 Å². The Labute approximate surface area is 93.2 Å². The second kappa shape index (κ2) is 4.94. The number of nitrogens with zero attached hydrogens (tertiary/aromatic N) is 3. The molecule has 2 aromatic rings. The Balaban J connectivity index is 1.93. The van der Waals surface area contributed by atoms with Crippen LogP contribution in [0.2, 0.25) is 0 Å². The monoisotopic (exact) mass is 213 g/mol. The van der Waals surface area contributed by atoms with E-state index in [2.05, 4.69) is 20.3 Å². The third-order valence-corrected chi connectivity index (χ3v) is 2.15. The van der Waals surface area contributed by atoms with Gasteiger partial charge in [0.1, 0.15) is 6.07 Å². The zero-order valence-corrected chi connectivity index (χ0v) is 8.64. The average molecular weight is 213 g/mol. The smallest absolute Gasteiger partial charge is 0.182 e. The van der Waals surface area contributed by atoms with Gasteiger partial charge < -0.3 is 10.3 Å². The first-order chi connectivity index (χ1) is 7.90. The van der Waals surface area contributed by atoms with E-state index in [1.165, 1.54) is 6.20 Å². The predicted octanol–water partition coefficient (Wildman–Crippen LogP) is 1.33. The topological polar surface area (TPSA) is 77.4 Å². The Morgan fingerprint density at radius 1 is 1.38 bits per heavy atom. The number of anilines is 1. The third-order valence-electron chi connectivity index (χ3n) is 2.15. The average Bonchev–Trinajstić information content (AvgIpc) is 2.83. The molecule has 0 aliphatic rings. The van der Waals surface area contributed by atoms with Crippen LogP contribution in [0.4, 0.5) is 5.82 Å². The Morgan fingerprint density at radius 3 is 3.00 bits per heavy atom. The molecule has 2 N–H and O–H groups in total. The molecule has 0 fully saturated rings. The molecule has 5 heteroatoms. The van der Waals surface area contributed by atoms with Crippen LogP contribution in [0.25, 0.3) is 0 Å². The van der Waals surface area contributed by atoms with Gasteiger partial charge in [0.15, 0.2) is 11.5 Å². The van der Waals surface area contributed by atoms with Crippen LogP contribution in [0.5, 0.6) is 0 Å². The second-order valence-corrected chi connectivity index (χ2v) is 3.24. The van der Waals surface area contributed by atoms with E-state index in [9.17, 15) is 0 Å². The second-order valence-electron chi connectivity index (χ2n) is 3.24. The minimum absolute atomic E-state index is 0.328. The number of rotatable bonds is 4. The number of aromatic nitrogens is 3. The van der Waals surface area contributed by atoms with Crippen molar-refractivity contribution in [3.8, 4) is 6.07 Å². The molecule has 2 aromatic heterocycles. The summed E-state index contributed by atoms with van der Waals surface area (Å²) in [6, 6.07) is 5.97. The van der Waals surface area contributed by atoms with Gasteiger partial charge in [-0.15, -0.1) is 0 Å². The lowest BCUT2D eigenvalue weighted by molar-refractivity contribution is 0.961. The molecule has 2 heterocycles. The highest BCUT2D eigenvalue weighted by Crippen LogP contribution is 2.06. The van der Waals surface area contributed by atoms with Crippen LogP contribution in [-0.2, 0) is 6.42 Å². The van der Waals surface area contributed by atoms with E-state index >= 15 is 0 Å². The summed E-state index contributed by atoms with van der Waals surface area (Å²) in [5, 5.41) is 11.9. The molecule has 0 bridgehead atoms. The Morgan fingerprint density at radius 2 is 2.25 bits per heavy atom. The highest BCUT2D eigenvalue weighted by Gasteiger charge is 2.02. The van der Waals surface area contributed by atoms with Crippen molar-refractivity contribution in [2.75, 3.05) is 11.9 Å². The van der Waals surface area contributed by atoms with Gasteiger partial charge in [-0.05, 0) is 12.1 Å². The number of nitriles is 1. The van der Waals surface area contributed by atoms with Gasteiger partial charge in [-0.25, -0.2) is 9.97 Å². The molecular formula is C11H11N5. The molecule has 0 aliphatic heterocycles. The molecule has 0 radical (unpaired) electrons. The number of hydrogen-bond donors (Lipinski definition) is 2. The lowest BCUT2D eigenvalue weighted by atomic mass is 10.3. The first-order valence-electron chi connectivity index (χ1n) is 4.97. The summed E-state index contributed by atoms with van der Waals surface area (Å²) in [7, 11) is 0. The Kier molecular flexibility index (Phi) is 3.14. The fourth-order valence-corrected chi connectivity index (χ4v) is 1.39. The first kappa shape index (κ1) is 10.2. The van der Waals surface area contributed by atoms with Crippen molar-refractivity contribution in [2.45, 2.75) is 6.42 Å². The standard InChI is InChI=1S/C11H11N5/c12-8-10-11(16-7-6-14-10)15-5-3-9-2-1-4-13-9/h1-2,4,6-7,13H,3,5H2,(H,15,16). The number of aromatic amines is 1. The van der Waals surface area contributed by atoms with Gasteiger partial charge in [0.25, 0.3) is 0 Å². The molecular weight excluding hydrogens is 202 g/mol. The van der Waals surface area contributed by atoms with Gasteiger partial charge in [0, 0.05) is 37.3 Å². The summed E-state index contributed by atoms with van der Waals surface area (Å²) in [6.07, 6.45) is 5.82. The lowest BCUT2D eigenvalue weighted by Crippen LogP contribution is -2.08. The first-order valence-corrected chi connectivity index (χ1v) is 4.97. The van der Waals surface area contributed by atoms with E-state index in [4.69, 9.17) is 5.26 Å². The molecule has 80 valence electrons. The quantitative estimate of drug-likeness (QED) is 0.803. The van der Waals surface area contributed by atoms with Crippen molar-refractivity contribution in [1.82, 2.24) is 15.0 Å². The van der Waals surface area contributed by atoms with E-state index in [0.717, 1.165) is 12.1 Å². The van der Waals surface area contributed by atoms with Gasteiger partial charge in [0.2, 0.25) is 0 Å². The van der Waals surface area contributed by atoms with Crippen LogP contribution in [-0.4, -0.2) is 21.5 Å². The van der Waals surface area contributed by atoms with Crippen molar-refractivity contribution in [2.24, 2.45) is 0 Å². The number of hydrogen-bond acceptors (Lipinski definition) is 4. The summed E-state index contributed by atoms with van der Waals surface area (Å²) in [5.41, 5.74) is 1.48. The highest BCUT2D eigenvalue weighted by molar-refractivity contribution is 5.46. The van der Waals surface area contributed by atoms with Crippen LogP contribution >= 0.6 is 0 Å². The van der Waals surface area contributed by atoms with Crippen molar-refractivity contribution in [1.29, 1.82) is 5.26 Å². The van der Waals surface area contributed by atoms with E-state index in [-0.39, 0.29) is 0 Å². The fraction of sp³-hybridized carbons (Fsp3) is 0.182. The summed E-state index contributed by atoms with van der Waals surface area (Å²) in [4.78, 5) is 11.1. The summed E-state index contributed by atoms with van der Waals surface area (Å²) < 4.78 is 0. The summed E-state index contributed by atoms with van der Waals surface area (Å²) >= 11 is 0. The normalized spacial score (nSPS) is 9.69. The summed E-state index contributed by atoms with van der Waals surface area (Å²) in [5.74, 6) is 0.538. The van der Waals surface area contributed by atoms with E-state index in [0.29, 0.717) is 18.1 Å². The maximum Gasteiger partial charge on any atom is 0.182 e. The van der Waals surface area contributed by atoms with Crippen LogP contribution < -0.4 is 5.32 Å². The van der Waals surface area contributed by atoms with Crippen molar-refractivity contribution in [3.05, 3.63) is 42.1 Å². The predicted molar refractivity (Wildman–Crippen MR) is 59.7 cm³/mol. The zero-order chi connectivity index (χ0) is 11.2. The van der Waals surface area contributed by atoms with Crippen LogP contribution in [0.1, 0.15) is 11.4 Å². The van der Waals surface area contributed by atoms with Gasteiger partial charge >= 0.3 is 0 Å². The van der Waals surface area contributed by atoms with Crippen LogP contribution in [0.15, 0.2) is 30.7 Å². The molecule has 0 aromatic carbocycles. The maximum absolute atomic E-state index is 8.80. The molecule has 2 rings (SSSR count). The van der Waals surface area contributed by atoms with Gasteiger partial charge in [-0.3, -0.25) is 0 Å². The highest BCUT2D eigenvalue weighted by atomic mass is 15.0. The molecule has 0 amide bonds. The van der Waals surface area contributed by atoms with Gasteiger partial charge in [-0.1, -0.05) is 0 Å². The minimum Gasteiger partial charge on any atom is -0.367 e. The van der Waals surface area contributed by atoms with Crippen LogP contribution in [0, 0.1) is 11.3 Å². The summed E-state index contributed by atoms with van der Waals surface area (Å²) in [6.45, 7) is 0.716. The Bertz CT molecular complexity index is 483. The molecule has 0 atom stereocenters. The molecule has 0 saturated carbocycles. The Hall–Kier alpha value is -2.35. The third kappa shape index (κ3) is 2.36. The minimum atomic E-state index is 0.328. The fourth-order valence-electron chi connectivity index (χ4n) is 1.39. The van der Waals surface area contributed by atoms with Gasteiger partial charge in [-0.2, -0.15) is 5.26 Å². The molecule has 5 nitrogen and oxygen atoms in total. The van der Waals surface area contributed by atoms with E-state index < -0.39 is 0 Å². The van der Waals surface area contributed by atoms with Crippen molar-refractivity contribution < 1.29 is 0 Å². The molecule has 0 saturated heterocycles. The van der Waals surface area contributed by atoms with E-state index in [1.807, 2.05) is 24.4 Å². The molecule has 0 unspecified atom stereocenters. The maximum atomic E-state index is 8.80.